The highest BCUT2D eigenvalue weighted by atomic mass is 32.1. The Labute approximate surface area is 171 Å². The van der Waals surface area contributed by atoms with Gasteiger partial charge in [-0.15, -0.1) is 0 Å². The smallest absolute Gasteiger partial charge is 0.257 e. The predicted molar refractivity (Wildman–Crippen MR) is 116 cm³/mol. The molecule has 3 N–H and O–H groups in total. The van der Waals surface area contributed by atoms with E-state index in [2.05, 4.69) is 20.9 Å². The molecule has 0 bridgehead atoms. The van der Waals surface area contributed by atoms with E-state index in [-0.39, 0.29) is 11.9 Å². The Morgan fingerprint density at radius 2 is 1.96 bits per heavy atom. The van der Waals surface area contributed by atoms with Crippen molar-refractivity contribution < 1.29 is 9.53 Å². The summed E-state index contributed by atoms with van der Waals surface area (Å²) < 4.78 is 6.25. The van der Waals surface area contributed by atoms with Crippen molar-refractivity contribution in [1.29, 1.82) is 0 Å². The third-order valence-electron chi connectivity index (χ3n) is 4.48. The number of aromatic nitrogens is 1. The number of carbonyl (C=O) groups is 1. The van der Waals surface area contributed by atoms with Crippen LogP contribution in [0.2, 0.25) is 0 Å². The fraction of sp³-hybridized carbons (Fsp3) is 0.150. The molecule has 0 saturated carbocycles. The first-order valence-electron chi connectivity index (χ1n) is 8.64. The first-order valence-corrected chi connectivity index (χ1v) is 9.87. The number of anilines is 1. The van der Waals surface area contributed by atoms with Gasteiger partial charge >= 0.3 is 0 Å². The zero-order valence-corrected chi connectivity index (χ0v) is 16.9. The molecular weight excluding hydrogens is 392 g/mol. The number of rotatable bonds is 4. The van der Waals surface area contributed by atoms with Crippen molar-refractivity contribution in [2.75, 3.05) is 12.4 Å². The molecule has 1 atom stereocenters. The Morgan fingerprint density at radius 3 is 2.68 bits per heavy atom. The molecule has 1 aliphatic rings. The van der Waals surface area contributed by atoms with Crippen molar-refractivity contribution in [3.8, 4) is 5.75 Å². The lowest BCUT2D eigenvalue weighted by molar-refractivity contribution is -0.113. The van der Waals surface area contributed by atoms with Crippen LogP contribution in [0.4, 0.5) is 5.13 Å². The lowest BCUT2D eigenvalue weighted by atomic mass is 9.95. The number of benzene rings is 2. The van der Waals surface area contributed by atoms with Crippen molar-refractivity contribution in [3.63, 3.8) is 0 Å². The number of carbonyl (C=O) groups excluding carboxylic acids is 1. The van der Waals surface area contributed by atoms with E-state index < -0.39 is 0 Å². The highest BCUT2D eigenvalue weighted by molar-refractivity contribution is 7.80. The SMILES string of the molecule is COc1ccc(C2NC(=S)NC(C)=C2C(=O)Nc2nc3ccccc3s2)cc1. The van der Waals surface area contributed by atoms with Gasteiger partial charge < -0.3 is 15.4 Å². The van der Waals surface area contributed by atoms with Crippen LogP contribution in [0.5, 0.6) is 5.75 Å². The second-order valence-electron chi connectivity index (χ2n) is 6.28. The number of ether oxygens (including phenoxy) is 1. The fourth-order valence-electron chi connectivity index (χ4n) is 3.13. The number of nitrogens with zero attached hydrogens (tertiary/aromatic N) is 1. The van der Waals surface area contributed by atoms with E-state index in [4.69, 9.17) is 17.0 Å². The largest absolute Gasteiger partial charge is 0.497 e. The average molecular weight is 411 g/mol. The minimum atomic E-state index is -0.367. The summed E-state index contributed by atoms with van der Waals surface area (Å²) in [6, 6.07) is 15.0. The summed E-state index contributed by atoms with van der Waals surface area (Å²) in [6.45, 7) is 1.84. The molecule has 1 aliphatic heterocycles. The summed E-state index contributed by atoms with van der Waals surface area (Å²) in [4.78, 5) is 17.6. The minimum absolute atomic E-state index is 0.222. The molecule has 0 saturated heterocycles. The van der Waals surface area contributed by atoms with E-state index in [0.29, 0.717) is 21.5 Å². The van der Waals surface area contributed by atoms with Crippen LogP contribution in [0.1, 0.15) is 18.5 Å². The van der Waals surface area contributed by atoms with Crippen LogP contribution >= 0.6 is 23.6 Å². The number of hydrogen-bond donors (Lipinski definition) is 3. The normalized spacial score (nSPS) is 16.5. The maximum Gasteiger partial charge on any atom is 0.257 e. The quantitative estimate of drug-likeness (QED) is 0.569. The Kier molecular flexibility index (Phi) is 4.97. The molecular formula is C20H18N4O2S2. The van der Waals surface area contributed by atoms with Gasteiger partial charge in [0.1, 0.15) is 5.75 Å². The van der Waals surface area contributed by atoms with Gasteiger partial charge in [-0.25, -0.2) is 4.98 Å². The Balaban J connectivity index is 1.65. The molecule has 8 heteroatoms. The molecule has 0 aliphatic carbocycles. The third kappa shape index (κ3) is 3.56. The summed E-state index contributed by atoms with van der Waals surface area (Å²) in [5, 5.41) is 10.2. The number of thiazole rings is 1. The summed E-state index contributed by atoms with van der Waals surface area (Å²) in [6.07, 6.45) is 0. The van der Waals surface area contributed by atoms with Gasteiger partial charge in [0, 0.05) is 5.70 Å². The van der Waals surface area contributed by atoms with Gasteiger partial charge in [-0.1, -0.05) is 35.6 Å². The van der Waals surface area contributed by atoms with Crippen molar-refractivity contribution in [2.45, 2.75) is 13.0 Å². The number of nitrogens with one attached hydrogen (secondary N) is 3. The molecule has 1 aromatic heterocycles. The van der Waals surface area contributed by atoms with Crippen molar-refractivity contribution in [1.82, 2.24) is 15.6 Å². The van der Waals surface area contributed by atoms with E-state index >= 15 is 0 Å². The fourth-order valence-corrected chi connectivity index (χ4v) is 4.26. The van der Waals surface area contributed by atoms with E-state index in [9.17, 15) is 4.79 Å². The van der Waals surface area contributed by atoms with E-state index in [1.807, 2.05) is 55.5 Å². The topological polar surface area (TPSA) is 75.3 Å². The number of fused-ring (bicyclic) bond motifs is 1. The molecule has 3 aromatic rings. The van der Waals surface area contributed by atoms with Crippen molar-refractivity contribution in [2.24, 2.45) is 0 Å². The van der Waals surface area contributed by atoms with Gasteiger partial charge in [-0.2, -0.15) is 0 Å². The lowest BCUT2D eigenvalue weighted by Gasteiger charge is -2.30. The number of allylic oxidation sites excluding steroid dienone is 1. The second kappa shape index (κ2) is 7.57. The van der Waals surface area contributed by atoms with E-state index in [1.54, 1.807) is 7.11 Å². The molecule has 28 heavy (non-hydrogen) atoms. The van der Waals surface area contributed by atoms with Gasteiger partial charge in [0.05, 0.1) is 28.9 Å². The van der Waals surface area contributed by atoms with Gasteiger partial charge in [0.15, 0.2) is 10.2 Å². The zero-order chi connectivity index (χ0) is 19.7. The maximum atomic E-state index is 13.1. The maximum absolute atomic E-state index is 13.1. The molecule has 1 amide bonds. The van der Waals surface area contributed by atoms with Crippen LogP contribution in [0, 0.1) is 0 Å². The van der Waals surface area contributed by atoms with Crippen molar-refractivity contribution >= 4 is 49.9 Å². The van der Waals surface area contributed by atoms with Crippen LogP contribution in [0.3, 0.4) is 0 Å². The molecule has 0 fully saturated rings. The second-order valence-corrected chi connectivity index (χ2v) is 7.72. The molecule has 2 heterocycles. The first-order chi connectivity index (χ1) is 13.5. The van der Waals surface area contributed by atoms with Crippen LogP contribution in [0.15, 0.2) is 59.8 Å². The van der Waals surface area contributed by atoms with Crippen molar-refractivity contribution in [3.05, 3.63) is 65.4 Å². The highest BCUT2D eigenvalue weighted by Crippen LogP contribution is 2.31. The van der Waals surface area contributed by atoms with Gasteiger partial charge in [0.25, 0.3) is 5.91 Å². The summed E-state index contributed by atoms with van der Waals surface area (Å²) in [5.41, 5.74) is 3.06. The number of amides is 1. The Morgan fingerprint density at radius 1 is 1.21 bits per heavy atom. The molecule has 6 nitrogen and oxygen atoms in total. The van der Waals surface area contributed by atoms with Gasteiger partial charge in [-0.05, 0) is 49.0 Å². The minimum Gasteiger partial charge on any atom is -0.497 e. The Bertz CT molecular complexity index is 1060. The highest BCUT2D eigenvalue weighted by Gasteiger charge is 2.30. The van der Waals surface area contributed by atoms with Crippen LogP contribution < -0.4 is 20.7 Å². The average Bonchev–Trinajstić information content (AvgIpc) is 3.09. The first kappa shape index (κ1) is 18.4. The molecule has 0 radical (unpaired) electrons. The van der Waals surface area contributed by atoms with Gasteiger partial charge in [0.2, 0.25) is 0 Å². The van der Waals surface area contributed by atoms with Crippen LogP contribution in [-0.2, 0) is 4.79 Å². The standard InChI is InChI=1S/C20H18N4O2S2/c1-11-16(18(25)24-20-22-14-5-3-4-6-15(14)28-20)17(23-19(27)21-11)12-7-9-13(26-2)10-8-12/h3-10,17H,1-2H3,(H2,21,23,27)(H,22,24,25). The van der Waals surface area contributed by atoms with E-state index in [1.165, 1.54) is 11.3 Å². The zero-order valence-electron chi connectivity index (χ0n) is 15.3. The number of thiocarbonyl (C=S) groups is 1. The number of para-hydroxylation sites is 1. The molecule has 4 rings (SSSR count). The summed E-state index contributed by atoms with van der Waals surface area (Å²) in [7, 11) is 1.62. The van der Waals surface area contributed by atoms with Gasteiger partial charge in [-0.3, -0.25) is 10.1 Å². The number of hydrogen-bond acceptors (Lipinski definition) is 5. The molecule has 1 unspecified atom stereocenters. The molecule has 142 valence electrons. The predicted octanol–water partition coefficient (Wildman–Crippen LogP) is 3.74. The summed E-state index contributed by atoms with van der Waals surface area (Å²) in [5.74, 6) is 0.529. The Hall–Kier alpha value is -2.97. The number of methoxy groups -OCH3 is 1. The van der Waals surface area contributed by atoms with Crippen LogP contribution in [0.25, 0.3) is 10.2 Å². The lowest BCUT2D eigenvalue weighted by Crippen LogP contribution is -2.45. The summed E-state index contributed by atoms with van der Waals surface area (Å²) >= 11 is 6.74. The molecule has 0 spiro atoms. The monoisotopic (exact) mass is 410 g/mol. The van der Waals surface area contributed by atoms with Crippen LogP contribution in [-0.4, -0.2) is 23.1 Å². The third-order valence-corrected chi connectivity index (χ3v) is 5.65. The van der Waals surface area contributed by atoms with E-state index in [0.717, 1.165) is 21.5 Å². The molecule has 2 aromatic carbocycles.